The Morgan fingerprint density at radius 3 is 2.36 bits per heavy atom. The van der Waals surface area contributed by atoms with Gasteiger partial charge in [-0.2, -0.15) is 0 Å². The monoisotopic (exact) mass is 602 g/mol. The summed E-state index contributed by atoms with van der Waals surface area (Å²) in [6.07, 6.45) is 24.5. The van der Waals surface area contributed by atoms with Crippen molar-refractivity contribution in [3.63, 3.8) is 0 Å². The molecule has 0 radical (unpaired) electrons. The molecule has 3 rings (SSSR count). The fourth-order valence-corrected chi connectivity index (χ4v) is 4.69. The average Bonchev–Trinajstić information content (AvgIpc) is 3.29. The molecule has 0 spiro atoms. The number of carboxylic acids is 1. The number of carboxylic acid groups (broad SMARTS) is 1. The molecular formula is C37H50N2O5. The standard InChI is InChI=1S/C33H42N2O5.C2H6.C2H2/c1-3-4-5-6-7-11-16-28-19-20-29(33(37)38)22-31(28)35(24-32(36)34-39-2)23-26-15-12-17-30(21-18-26)40-25-27-13-9-8-10-14-27;2*1-2/h8-10,12-14,17-22H,3-7,11,15-16,23-25H2,1-2H3,(H,34,36)(H,37,38);1-2H3;1-2H. The average molecular weight is 603 g/mol. The number of carbonyl (C=O) groups is 2. The summed E-state index contributed by atoms with van der Waals surface area (Å²) in [7, 11) is 1.40. The molecule has 44 heavy (non-hydrogen) atoms. The van der Waals surface area contributed by atoms with Crippen molar-refractivity contribution in [2.24, 2.45) is 0 Å². The zero-order valence-electron chi connectivity index (χ0n) is 26.9. The lowest BCUT2D eigenvalue weighted by Crippen LogP contribution is -2.38. The van der Waals surface area contributed by atoms with E-state index in [0.29, 0.717) is 19.6 Å². The molecular weight excluding hydrogens is 552 g/mol. The van der Waals surface area contributed by atoms with Crippen LogP contribution in [0.1, 0.15) is 87.2 Å². The van der Waals surface area contributed by atoms with E-state index in [1.54, 1.807) is 12.1 Å². The van der Waals surface area contributed by atoms with Crippen molar-refractivity contribution in [1.82, 2.24) is 5.48 Å². The Labute approximate surface area is 264 Å². The summed E-state index contributed by atoms with van der Waals surface area (Å²) in [5.41, 5.74) is 6.57. The Hall–Kier alpha value is -4.28. The minimum atomic E-state index is -0.992. The molecule has 0 saturated heterocycles. The van der Waals surface area contributed by atoms with Gasteiger partial charge in [-0.05, 0) is 60.2 Å². The Morgan fingerprint density at radius 1 is 0.977 bits per heavy atom. The number of anilines is 1. The normalized spacial score (nSPS) is 11.8. The van der Waals surface area contributed by atoms with Gasteiger partial charge in [0.1, 0.15) is 12.4 Å². The first-order chi connectivity index (χ1) is 21.5. The van der Waals surface area contributed by atoms with Crippen molar-refractivity contribution in [2.75, 3.05) is 25.1 Å². The molecule has 1 aliphatic rings. The molecule has 0 bridgehead atoms. The van der Waals surface area contributed by atoms with Crippen molar-refractivity contribution in [2.45, 2.75) is 78.7 Å². The number of allylic oxidation sites excluding steroid dienone is 4. The van der Waals surface area contributed by atoms with Crippen molar-refractivity contribution >= 4 is 17.6 Å². The van der Waals surface area contributed by atoms with Gasteiger partial charge in [-0.3, -0.25) is 9.63 Å². The van der Waals surface area contributed by atoms with Gasteiger partial charge in [0.2, 0.25) is 0 Å². The van der Waals surface area contributed by atoms with Gasteiger partial charge in [-0.1, -0.05) is 101 Å². The van der Waals surface area contributed by atoms with E-state index < -0.39 is 5.97 Å². The summed E-state index contributed by atoms with van der Waals surface area (Å²) in [6.45, 7) is 7.17. The number of ether oxygens (including phenoxy) is 1. The van der Waals surface area contributed by atoms with Crippen molar-refractivity contribution in [1.29, 1.82) is 0 Å². The van der Waals surface area contributed by atoms with Crippen molar-refractivity contribution in [3.8, 4) is 12.8 Å². The second kappa shape index (κ2) is 23.2. The fourth-order valence-electron chi connectivity index (χ4n) is 4.69. The van der Waals surface area contributed by atoms with Crippen molar-refractivity contribution in [3.05, 3.63) is 101 Å². The Bertz CT molecular complexity index is 1230. The number of aryl methyl sites for hydroxylation is 1. The van der Waals surface area contributed by atoms with E-state index in [4.69, 9.17) is 9.57 Å². The third-order valence-electron chi connectivity index (χ3n) is 6.81. The van der Waals surface area contributed by atoms with E-state index in [-0.39, 0.29) is 18.0 Å². The van der Waals surface area contributed by atoms with Crippen LogP contribution >= 0.6 is 0 Å². The maximum absolute atomic E-state index is 12.6. The van der Waals surface area contributed by atoms with Crippen LogP contribution in [-0.4, -0.2) is 37.2 Å². The third kappa shape index (κ3) is 14.3. The van der Waals surface area contributed by atoms with Crippen LogP contribution in [0.3, 0.4) is 0 Å². The van der Waals surface area contributed by atoms with Gasteiger partial charge in [-0.15, -0.1) is 12.8 Å². The molecule has 7 heteroatoms. The highest BCUT2D eigenvalue weighted by molar-refractivity contribution is 5.90. The summed E-state index contributed by atoms with van der Waals surface area (Å²) >= 11 is 0. The van der Waals surface area contributed by atoms with Gasteiger partial charge in [0.25, 0.3) is 5.91 Å². The van der Waals surface area contributed by atoms with Crippen LogP contribution in [-0.2, 0) is 27.4 Å². The SMILES string of the molecule is C#C.CC.CCCCCCCCc1ccc(C(=O)O)cc1N(CC(=O)NOC)CC1=CC=C(OCc2ccccc2)C=CC1. The summed E-state index contributed by atoms with van der Waals surface area (Å²) in [6, 6.07) is 15.2. The predicted molar refractivity (Wildman–Crippen MR) is 180 cm³/mol. The molecule has 1 amide bonds. The quantitative estimate of drug-likeness (QED) is 0.108. The molecule has 2 N–H and O–H groups in total. The lowest BCUT2D eigenvalue weighted by atomic mass is 10.00. The van der Waals surface area contributed by atoms with E-state index in [0.717, 1.165) is 47.4 Å². The number of terminal acetylenes is 1. The second-order valence-electron chi connectivity index (χ2n) is 10.0. The lowest BCUT2D eigenvalue weighted by Gasteiger charge is -2.28. The van der Waals surface area contributed by atoms with Gasteiger partial charge in [-0.25, -0.2) is 10.3 Å². The topological polar surface area (TPSA) is 88.1 Å². The predicted octanol–water partition coefficient (Wildman–Crippen LogP) is 8.03. The van der Waals surface area contributed by atoms with Crippen LogP contribution in [0.5, 0.6) is 0 Å². The summed E-state index contributed by atoms with van der Waals surface area (Å²) in [5, 5.41) is 9.71. The molecule has 2 aromatic carbocycles. The van der Waals surface area contributed by atoms with E-state index in [2.05, 4.69) is 25.3 Å². The molecule has 0 fully saturated rings. The summed E-state index contributed by atoms with van der Waals surface area (Å²) in [5.74, 6) is -0.534. The van der Waals surface area contributed by atoms with Gasteiger partial charge in [0.05, 0.1) is 19.2 Å². The van der Waals surface area contributed by atoms with E-state index in [1.807, 2.05) is 79.4 Å². The number of nitrogens with one attached hydrogen (secondary N) is 1. The van der Waals surface area contributed by atoms with E-state index in [9.17, 15) is 14.7 Å². The Balaban J connectivity index is 0.00000232. The molecule has 0 aliphatic heterocycles. The highest BCUT2D eigenvalue weighted by Crippen LogP contribution is 2.27. The van der Waals surface area contributed by atoms with Gasteiger partial charge in [0, 0.05) is 12.2 Å². The zero-order chi connectivity index (χ0) is 32.6. The molecule has 0 atom stereocenters. The molecule has 0 aromatic heterocycles. The van der Waals surface area contributed by atoms with Gasteiger partial charge >= 0.3 is 5.97 Å². The second-order valence-corrected chi connectivity index (χ2v) is 10.0. The number of nitrogens with zero attached hydrogens (tertiary/aromatic N) is 1. The minimum absolute atomic E-state index is 0.0303. The molecule has 1 aliphatic carbocycles. The van der Waals surface area contributed by atoms with E-state index in [1.165, 1.54) is 32.8 Å². The highest BCUT2D eigenvalue weighted by atomic mass is 16.6. The molecule has 0 saturated carbocycles. The van der Waals surface area contributed by atoms with Crippen LogP contribution in [0.15, 0.2) is 84.2 Å². The van der Waals surface area contributed by atoms with Crippen LogP contribution in [0, 0.1) is 12.8 Å². The van der Waals surface area contributed by atoms with Crippen LogP contribution in [0.2, 0.25) is 0 Å². The molecule has 0 heterocycles. The number of unbranched alkanes of at least 4 members (excludes halogenated alkanes) is 5. The van der Waals surface area contributed by atoms with Crippen LogP contribution < -0.4 is 10.4 Å². The van der Waals surface area contributed by atoms with Crippen LogP contribution in [0.25, 0.3) is 0 Å². The highest BCUT2D eigenvalue weighted by Gasteiger charge is 2.19. The fraction of sp³-hybridized carbons (Fsp3) is 0.405. The number of amides is 1. The lowest BCUT2D eigenvalue weighted by molar-refractivity contribution is -0.129. The number of carbonyl (C=O) groups excluding carboxylic acids is 1. The Morgan fingerprint density at radius 2 is 1.68 bits per heavy atom. The number of hydroxylamine groups is 1. The smallest absolute Gasteiger partial charge is 0.335 e. The first-order valence-corrected chi connectivity index (χ1v) is 15.5. The zero-order valence-corrected chi connectivity index (χ0v) is 26.9. The Kier molecular flexibility index (Phi) is 19.9. The van der Waals surface area contributed by atoms with Gasteiger partial charge in [0.15, 0.2) is 0 Å². The molecule has 7 nitrogen and oxygen atoms in total. The van der Waals surface area contributed by atoms with Gasteiger partial charge < -0.3 is 14.7 Å². The van der Waals surface area contributed by atoms with Crippen molar-refractivity contribution < 1.29 is 24.3 Å². The molecule has 238 valence electrons. The number of benzene rings is 2. The number of hydrogen-bond donors (Lipinski definition) is 2. The third-order valence-corrected chi connectivity index (χ3v) is 6.81. The maximum atomic E-state index is 12.6. The number of rotatable bonds is 17. The largest absolute Gasteiger partial charge is 0.489 e. The number of hydrogen-bond acceptors (Lipinski definition) is 5. The summed E-state index contributed by atoms with van der Waals surface area (Å²) < 4.78 is 5.99. The van der Waals surface area contributed by atoms with E-state index >= 15 is 0 Å². The molecule has 0 unspecified atom stereocenters. The summed E-state index contributed by atoms with van der Waals surface area (Å²) in [4.78, 5) is 31.3. The molecule has 2 aromatic rings. The number of aromatic carboxylic acids is 1. The maximum Gasteiger partial charge on any atom is 0.335 e. The minimum Gasteiger partial charge on any atom is -0.489 e. The van der Waals surface area contributed by atoms with Crippen LogP contribution in [0.4, 0.5) is 5.69 Å². The first kappa shape index (κ1) is 37.7. The first-order valence-electron chi connectivity index (χ1n) is 15.5.